The van der Waals surface area contributed by atoms with Gasteiger partial charge in [0.15, 0.2) is 8.32 Å². The highest BCUT2D eigenvalue weighted by atomic mass is 28.4. The largest absolute Gasteiger partial charge is 0.497 e. The lowest BCUT2D eigenvalue weighted by Crippen LogP contribution is -2.55. The summed E-state index contributed by atoms with van der Waals surface area (Å²) < 4.78 is 30.1. The molecule has 38 heavy (non-hydrogen) atoms. The van der Waals surface area contributed by atoms with Crippen molar-refractivity contribution in [3.63, 3.8) is 0 Å². The lowest BCUT2D eigenvalue weighted by atomic mass is 9.80. The lowest BCUT2D eigenvalue weighted by Gasteiger charge is -2.44. The molecule has 7 nitrogen and oxygen atoms in total. The summed E-state index contributed by atoms with van der Waals surface area (Å²) in [7, 11) is -0.640. The van der Waals surface area contributed by atoms with Gasteiger partial charge < -0.3 is 28.5 Å². The fraction of sp³-hybridized carbons (Fsp3) is 0.700. The molecule has 1 N–H and O–H groups in total. The third-order valence-corrected chi connectivity index (χ3v) is 12.7. The zero-order valence-corrected chi connectivity index (χ0v) is 26.1. The number of rotatable bonds is 15. The minimum atomic E-state index is -2.29. The Kier molecular flexibility index (Phi) is 11.2. The molecule has 2 rings (SSSR count). The van der Waals surface area contributed by atoms with Crippen molar-refractivity contribution in [1.29, 1.82) is 0 Å². The van der Waals surface area contributed by atoms with Crippen molar-refractivity contribution in [2.75, 3.05) is 20.3 Å². The molecule has 1 heterocycles. The number of methoxy groups -OCH3 is 1. The standard InChI is InChI=1S/C30H50O7Si/c1-12-20(2)26(32)25(19-35-22(4)31)28(37-38(10,11)29(5,6)7)30(8)27(36-30)21(3)17-34-18-23-13-15-24(33-9)16-14-23/h12-16,20-21,25-28,32H,1,17-19H2,2-11H3/t20-,21+,25+,26-,27-,28+,30+/m1/s1. The van der Waals surface area contributed by atoms with Crippen LogP contribution in [0.5, 0.6) is 5.75 Å². The van der Waals surface area contributed by atoms with Gasteiger partial charge in [-0.3, -0.25) is 4.79 Å². The van der Waals surface area contributed by atoms with E-state index in [1.807, 2.05) is 38.1 Å². The van der Waals surface area contributed by atoms with Gasteiger partial charge in [-0.15, -0.1) is 6.58 Å². The number of esters is 1. The predicted octanol–water partition coefficient (Wildman–Crippen LogP) is 5.76. The Morgan fingerprint density at radius 3 is 2.32 bits per heavy atom. The number of hydrogen-bond acceptors (Lipinski definition) is 7. The maximum absolute atomic E-state index is 11.8. The number of carbonyl (C=O) groups is 1. The third-order valence-electron chi connectivity index (χ3n) is 8.22. The molecule has 1 aliphatic heterocycles. The van der Waals surface area contributed by atoms with Crippen LogP contribution in [0, 0.1) is 17.8 Å². The molecule has 1 aromatic rings. The molecular weight excluding hydrogens is 500 g/mol. The van der Waals surface area contributed by atoms with Crippen molar-refractivity contribution in [3.8, 4) is 5.75 Å². The van der Waals surface area contributed by atoms with Crippen molar-refractivity contribution in [1.82, 2.24) is 0 Å². The number of hydrogen-bond donors (Lipinski definition) is 1. The predicted molar refractivity (Wildman–Crippen MR) is 153 cm³/mol. The molecule has 0 amide bonds. The maximum Gasteiger partial charge on any atom is 0.302 e. The van der Waals surface area contributed by atoms with Crippen LogP contribution in [0.2, 0.25) is 18.1 Å². The van der Waals surface area contributed by atoms with Gasteiger partial charge in [0.05, 0.1) is 45.2 Å². The van der Waals surface area contributed by atoms with Gasteiger partial charge in [0, 0.05) is 24.7 Å². The van der Waals surface area contributed by atoms with Crippen LogP contribution in [-0.4, -0.2) is 63.6 Å². The molecule has 1 aliphatic rings. The lowest BCUT2D eigenvalue weighted by molar-refractivity contribution is -0.147. The zero-order chi connectivity index (χ0) is 28.9. The number of aliphatic hydroxyl groups is 1. The van der Waals surface area contributed by atoms with E-state index in [4.69, 9.17) is 23.4 Å². The number of epoxide rings is 1. The monoisotopic (exact) mass is 550 g/mol. The second-order valence-electron chi connectivity index (χ2n) is 12.4. The molecule has 1 aromatic carbocycles. The van der Waals surface area contributed by atoms with Crippen LogP contribution in [0.4, 0.5) is 0 Å². The van der Waals surface area contributed by atoms with Crippen molar-refractivity contribution < 1.29 is 33.3 Å². The summed E-state index contributed by atoms with van der Waals surface area (Å²) in [6.45, 7) is 23.3. The smallest absolute Gasteiger partial charge is 0.302 e. The first-order valence-corrected chi connectivity index (χ1v) is 16.5. The second-order valence-corrected chi connectivity index (χ2v) is 17.2. The highest BCUT2D eigenvalue weighted by Crippen LogP contribution is 2.51. The Balaban J connectivity index is 2.24. The van der Waals surface area contributed by atoms with E-state index in [1.165, 1.54) is 6.92 Å². The van der Waals surface area contributed by atoms with Crippen LogP contribution in [-0.2, 0) is 30.0 Å². The van der Waals surface area contributed by atoms with E-state index in [0.29, 0.717) is 13.2 Å². The van der Waals surface area contributed by atoms with Crippen LogP contribution in [0.25, 0.3) is 0 Å². The molecule has 0 radical (unpaired) electrons. The summed E-state index contributed by atoms with van der Waals surface area (Å²) in [5.74, 6) is -0.186. The molecule has 0 saturated carbocycles. The van der Waals surface area contributed by atoms with Gasteiger partial charge in [0.1, 0.15) is 11.4 Å². The van der Waals surface area contributed by atoms with E-state index in [0.717, 1.165) is 11.3 Å². The van der Waals surface area contributed by atoms with E-state index in [-0.39, 0.29) is 29.6 Å². The summed E-state index contributed by atoms with van der Waals surface area (Å²) in [5.41, 5.74) is 0.407. The summed E-state index contributed by atoms with van der Waals surface area (Å²) >= 11 is 0. The first-order valence-electron chi connectivity index (χ1n) is 13.6. The molecule has 1 fully saturated rings. The molecule has 0 bridgehead atoms. The van der Waals surface area contributed by atoms with Gasteiger partial charge >= 0.3 is 5.97 Å². The van der Waals surface area contributed by atoms with Crippen LogP contribution >= 0.6 is 0 Å². The molecule has 8 heteroatoms. The Morgan fingerprint density at radius 2 is 1.82 bits per heavy atom. The van der Waals surface area contributed by atoms with E-state index < -0.39 is 38.0 Å². The van der Waals surface area contributed by atoms with Crippen LogP contribution in [0.1, 0.15) is 54.0 Å². The average molecular weight is 551 g/mol. The Morgan fingerprint density at radius 1 is 1.21 bits per heavy atom. The van der Waals surface area contributed by atoms with E-state index in [1.54, 1.807) is 13.2 Å². The molecule has 7 atom stereocenters. The van der Waals surface area contributed by atoms with Crippen molar-refractivity contribution in [2.45, 2.75) is 97.1 Å². The van der Waals surface area contributed by atoms with Gasteiger partial charge in [-0.05, 0) is 42.8 Å². The van der Waals surface area contributed by atoms with Crippen LogP contribution < -0.4 is 4.74 Å². The van der Waals surface area contributed by atoms with Crippen molar-refractivity contribution >= 4 is 14.3 Å². The van der Waals surface area contributed by atoms with E-state index in [2.05, 4.69) is 47.4 Å². The van der Waals surface area contributed by atoms with E-state index in [9.17, 15) is 9.90 Å². The highest BCUT2D eigenvalue weighted by molar-refractivity contribution is 6.74. The quantitative estimate of drug-likeness (QED) is 0.129. The Bertz CT molecular complexity index is 910. The fourth-order valence-corrected chi connectivity index (χ4v) is 5.95. The fourth-order valence-electron chi connectivity index (χ4n) is 4.55. The first kappa shape index (κ1) is 32.5. The van der Waals surface area contributed by atoms with Gasteiger partial charge in [-0.25, -0.2) is 0 Å². The number of carbonyl (C=O) groups excluding carboxylic acids is 1. The highest BCUT2D eigenvalue weighted by Gasteiger charge is 2.64. The summed E-state index contributed by atoms with van der Waals surface area (Å²) in [6, 6.07) is 7.83. The van der Waals surface area contributed by atoms with Gasteiger partial charge in [0.2, 0.25) is 0 Å². The molecular formula is C30H50O7Si. The Hall–Kier alpha value is -1.71. The van der Waals surface area contributed by atoms with E-state index >= 15 is 0 Å². The molecule has 216 valence electrons. The molecule has 0 aromatic heterocycles. The van der Waals surface area contributed by atoms with Crippen LogP contribution in [0.15, 0.2) is 36.9 Å². The third kappa shape index (κ3) is 8.15. The zero-order valence-electron chi connectivity index (χ0n) is 25.1. The molecule has 1 saturated heterocycles. The molecule has 0 unspecified atom stereocenters. The number of aliphatic hydroxyl groups excluding tert-OH is 1. The summed E-state index contributed by atoms with van der Waals surface area (Å²) in [6.07, 6.45) is 0.302. The minimum absolute atomic E-state index is 0.0436. The van der Waals surface area contributed by atoms with Gasteiger partial charge in [-0.1, -0.05) is 52.8 Å². The number of ether oxygens (including phenoxy) is 4. The SMILES string of the molecule is C=C[C@@H](C)[C@@H](O)[C@H](COC(C)=O)[C@H](O[Si](C)(C)C(C)(C)C)[C@@]1(C)O[C@@H]1[C@@H](C)COCc1ccc(OC)cc1. The maximum atomic E-state index is 11.8. The Labute approximate surface area is 231 Å². The normalized spacial score (nSPS) is 23.6. The van der Waals surface area contributed by atoms with Crippen LogP contribution in [0.3, 0.4) is 0 Å². The molecule has 0 aliphatic carbocycles. The summed E-state index contributed by atoms with van der Waals surface area (Å²) in [5, 5.41) is 11.3. The van der Waals surface area contributed by atoms with Gasteiger partial charge in [0.25, 0.3) is 0 Å². The van der Waals surface area contributed by atoms with Crippen molar-refractivity contribution in [2.24, 2.45) is 17.8 Å². The molecule has 0 spiro atoms. The first-order chi connectivity index (χ1) is 17.6. The topological polar surface area (TPSA) is 86.8 Å². The average Bonchev–Trinajstić information content (AvgIpc) is 3.54. The van der Waals surface area contributed by atoms with Crippen molar-refractivity contribution in [3.05, 3.63) is 42.5 Å². The second kappa shape index (κ2) is 13.1. The van der Waals surface area contributed by atoms with Gasteiger partial charge in [-0.2, -0.15) is 0 Å². The summed E-state index contributed by atoms with van der Waals surface area (Å²) in [4.78, 5) is 11.8. The minimum Gasteiger partial charge on any atom is -0.497 e. The number of benzene rings is 1.